The maximum atomic E-state index is 12.4. The largest absolute Gasteiger partial charge is 0.408 e. The fraction of sp³-hybridized carbons (Fsp3) is 0.636. The Morgan fingerprint density at radius 1 is 1.38 bits per heavy atom. The molecule has 0 aliphatic heterocycles. The second-order valence-electron chi connectivity index (χ2n) is 4.82. The van der Waals surface area contributed by atoms with E-state index >= 15 is 0 Å². The number of hydrogen-bond donors (Lipinski definition) is 1. The Morgan fingerprint density at radius 2 is 1.90 bits per heavy atom. The average Bonchev–Trinajstić information content (AvgIpc) is 2.48. The molecular weight excluding hydrogens is 311 g/mol. The summed E-state index contributed by atoms with van der Waals surface area (Å²) < 4.78 is 61.9. The number of hydrogen-bond acceptors (Lipinski definition) is 4. The first-order valence-corrected chi connectivity index (χ1v) is 7.83. The zero-order valence-electron chi connectivity index (χ0n) is 11.9. The lowest BCUT2D eigenvalue weighted by Gasteiger charge is -2.13. The number of halogens is 3. The van der Waals surface area contributed by atoms with Crippen LogP contribution in [0.2, 0.25) is 0 Å². The van der Waals surface area contributed by atoms with Crippen molar-refractivity contribution in [3.8, 4) is 0 Å². The maximum absolute atomic E-state index is 12.4. The predicted octanol–water partition coefficient (Wildman–Crippen LogP) is 1.24. The van der Waals surface area contributed by atoms with Gasteiger partial charge in [-0.15, -0.1) is 0 Å². The van der Waals surface area contributed by atoms with Crippen molar-refractivity contribution in [1.29, 1.82) is 0 Å². The van der Waals surface area contributed by atoms with Gasteiger partial charge in [-0.3, -0.25) is 14.2 Å². The highest BCUT2D eigenvalue weighted by Crippen LogP contribution is 2.26. The van der Waals surface area contributed by atoms with Crippen LogP contribution in [-0.4, -0.2) is 36.5 Å². The molecule has 0 saturated heterocycles. The second kappa shape index (κ2) is 5.66. The Hall–Kier alpha value is -1.58. The minimum absolute atomic E-state index is 0.181. The summed E-state index contributed by atoms with van der Waals surface area (Å²) in [4.78, 5) is 11.8. The van der Waals surface area contributed by atoms with Gasteiger partial charge >= 0.3 is 6.18 Å². The van der Waals surface area contributed by atoms with Gasteiger partial charge in [-0.05, 0) is 20.8 Å². The van der Waals surface area contributed by atoms with Crippen LogP contribution in [0.5, 0.6) is 0 Å². The van der Waals surface area contributed by atoms with Crippen molar-refractivity contribution in [2.24, 2.45) is 0 Å². The van der Waals surface area contributed by atoms with Crippen molar-refractivity contribution in [1.82, 2.24) is 14.5 Å². The zero-order chi connectivity index (χ0) is 16.6. The van der Waals surface area contributed by atoms with Gasteiger partial charge in [-0.25, -0.2) is 8.42 Å². The van der Waals surface area contributed by atoms with Crippen LogP contribution in [0.3, 0.4) is 0 Å². The van der Waals surface area contributed by atoms with Gasteiger partial charge in [-0.2, -0.15) is 18.3 Å². The Kier molecular flexibility index (Phi) is 4.71. The summed E-state index contributed by atoms with van der Waals surface area (Å²) in [5.41, 5.74) is 0.731. The first-order chi connectivity index (χ1) is 9.32. The van der Waals surface area contributed by atoms with E-state index in [9.17, 15) is 26.4 Å². The van der Waals surface area contributed by atoms with E-state index in [0.29, 0.717) is 5.56 Å². The summed E-state index contributed by atoms with van der Waals surface area (Å²) in [6.07, 6.45) is -3.61. The van der Waals surface area contributed by atoms with Crippen LogP contribution >= 0.6 is 0 Å². The molecular formula is C11H16F3N3O3S. The second-order valence-corrected chi connectivity index (χ2v) is 6.57. The highest BCUT2D eigenvalue weighted by atomic mass is 32.2. The number of carbonyl (C=O) groups excluding carboxylic acids is 1. The third-order valence-corrected chi connectivity index (χ3v) is 3.45. The third kappa shape index (κ3) is 4.73. The molecule has 0 unspecified atom stereocenters. The van der Waals surface area contributed by atoms with Crippen molar-refractivity contribution in [2.45, 2.75) is 39.4 Å². The van der Waals surface area contributed by atoms with E-state index in [4.69, 9.17) is 0 Å². The monoisotopic (exact) mass is 327 g/mol. The van der Waals surface area contributed by atoms with E-state index < -0.39 is 34.6 Å². The molecule has 0 spiro atoms. The van der Waals surface area contributed by atoms with E-state index in [1.165, 1.54) is 20.8 Å². The smallest absolute Gasteiger partial charge is 0.273 e. The number of nitrogens with one attached hydrogen (secondary N) is 1. The Bertz CT molecular complexity index is 650. The zero-order valence-corrected chi connectivity index (χ0v) is 12.8. The molecule has 6 nitrogen and oxygen atoms in total. The van der Waals surface area contributed by atoms with Crippen LogP contribution in [0.1, 0.15) is 29.8 Å². The Balaban J connectivity index is 3.11. The standard InChI is InChI=1S/C11H16F3N3O3S/c1-6(10(18)16-21(4,19)20)9-7(2)15-17(8(9)3)5-11(12,13)14/h6H,5H2,1-4H3,(H,16,18)/t6-/m1/s1. The van der Waals surface area contributed by atoms with Gasteiger partial charge in [0.25, 0.3) is 0 Å². The van der Waals surface area contributed by atoms with Crippen LogP contribution in [0.15, 0.2) is 0 Å². The molecule has 0 fully saturated rings. The van der Waals surface area contributed by atoms with Crippen molar-refractivity contribution in [3.63, 3.8) is 0 Å². The molecule has 120 valence electrons. The van der Waals surface area contributed by atoms with Gasteiger partial charge in [0, 0.05) is 11.3 Å². The molecule has 0 radical (unpaired) electrons. The van der Waals surface area contributed by atoms with E-state index in [-0.39, 0.29) is 11.4 Å². The minimum atomic E-state index is -4.43. The molecule has 1 atom stereocenters. The summed E-state index contributed by atoms with van der Waals surface area (Å²) in [7, 11) is -3.73. The van der Waals surface area contributed by atoms with Gasteiger partial charge in [0.2, 0.25) is 15.9 Å². The lowest BCUT2D eigenvalue weighted by atomic mass is 9.99. The van der Waals surface area contributed by atoms with Gasteiger partial charge in [0.05, 0.1) is 17.9 Å². The van der Waals surface area contributed by atoms with Gasteiger partial charge in [-0.1, -0.05) is 0 Å². The highest BCUT2D eigenvalue weighted by molar-refractivity contribution is 7.89. The molecule has 0 bridgehead atoms. The molecule has 0 aromatic carbocycles. The summed E-state index contributed by atoms with van der Waals surface area (Å²) in [6.45, 7) is 3.03. The quantitative estimate of drug-likeness (QED) is 0.902. The normalized spacial score (nSPS) is 14.0. The molecule has 1 N–H and O–H groups in total. The van der Waals surface area contributed by atoms with Crippen LogP contribution in [0, 0.1) is 13.8 Å². The van der Waals surface area contributed by atoms with Crippen molar-refractivity contribution in [2.75, 3.05) is 6.26 Å². The summed E-state index contributed by atoms with van der Waals surface area (Å²) in [5, 5.41) is 3.76. The van der Waals surface area contributed by atoms with E-state index in [1.54, 1.807) is 4.72 Å². The molecule has 0 aliphatic rings. The molecule has 21 heavy (non-hydrogen) atoms. The van der Waals surface area contributed by atoms with Crippen molar-refractivity contribution >= 4 is 15.9 Å². The predicted molar refractivity (Wildman–Crippen MR) is 69.2 cm³/mol. The van der Waals surface area contributed by atoms with Crippen molar-refractivity contribution in [3.05, 3.63) is 17.0 Å². The van der Waals surface area contributed by atoms with E-state index in [2.05, 4.69) is 5.10 Å². The number of alkyl halides is 3. The number of carbonyl (C=O) groups is 1. The molecule has 0 aliphatic carbocycles. The topological polar surface area (TPSA) is 81.1 Å². The number of amides is 1. The van der Waals surface area contributed by atoms with Crippen LogP contribution < -0.4 is 4.72 Å². The third-order valence-electron chi connectivity index (χ3n) is 2.88. The fourth-order valence-corrected chi connectivity index (χ4v) is 2.61. The number of nitrogens with zero attached hydrogens (tertiary/aromatic N) is 2. The van der Waals surface area contributed by atoms with Crippen LogP contribution in [0.25, 0.3) is 0 Å². The fourth-order valence-electron chi connectivity index (χ4n) is 2.06. The molecule has 1 aromatic rings. The van der Waals surface area contributed by atoms with Crippen LogP contribution in [-0.2, 0) is 21.4 Å². The maximum Gasteiger partial charge on any atom is 0.408 e. The number of rotatable bonds is 4. The minimum Gasteiger partial charge on any atom is -0.273 e. The van der Waals surface area contributed by atoms with E-state index in [0.717, 1.165) is 10.9 Å². The highest BCUT2D eigenvalue weighted by Gasteiger charge is 2.32. The van der Waals surface area contributed by atoms with Gasteiger partial charge in [0.1, 0.15) is 6.54 Å². The molecule has 1 rings (SSSR count). The summed E-state index contributed by atoms with van der Waals surface area (Å²) in [5.74, 6) is -1.74. The van der Waals surface area contributed by atoms with Gasteiger partial charge in [0.15, 0.2) is 0 Å². The van der Waals surface area contributed by atoms with Gasteiger partial charge < -0.3 is 0 Å². The molecule has 1 heterocycles. The Labute approximate surface area is 120 Å². The Morgan fingerprint density at radius 3 is 2.33 bits per heavy atom. The number of aromatic nitrogens is 2. The average molecular weight is 327 g/mol. The molecule has 0 saturated carbocycles. The molecule has 1 aromatic heterocycles. The number of aryl methyl sites for hydroxylation is 1. The number of sulfonamides is 1. The molecule has 10 heteroatoms. The first-order valence-electron chi connectivity index (χ1n) is 5.94. The van der Waals surface area contributed by atoms with Crippen molar-refractivity contribution < 1.29 is 26.4 Å². The first kappa shape index (κ1) is 17.5. The summed E-state index contributed by atoms with van der Waals surface area (Å²) >= 11 is 0. The SMILES string of the molecule is Cc1nn(CC(F)(F)F)c(C)c1[C@@H](C)C(=O)NS(C)(=O)=O. The lowest BCUT2D eigenvalue weighted by Crippen LogP contribution is -2.33. The lowest BCUT2D eigenvalue weighted by molar-refractivity contribution is -0.143. The van der Waals surface area contributed by atoms with E-state index in [1.807, 2.05) is 0 Å². The van der Waals surface area contributed by atoms with Crippen LogP contribution in [0.4, 0.5) is 13.2 Å². The summed E-state index contributed by atoms with van der Waals surface area (Å²) in [6, 6.07) is 0. The molecule has 1 amide bonds.